The first-order valence-electron chi connectivity index (χ1n) is 6.40. The SMILES string of the molecule is CN1CCCC(NC(=O)COC2(C)CNC2)C1. The van der Waals surface area contributed by atoms with Crippen LogP contribution in [0.25, 0.3) is 0 Å². The lowest BCUT2D eigenvalue weighted by Crippen LogP contribution is -2.60. The first-order valence-corrected chi connectivity index (χ1v) is 6.40. The van der Waals surface area contributed by atoms with Crippen LogP contribution in [0.3, 0.4) is 0 Å². The van der Waals surface area contributed by atoms with Gasteiger partial charge in [0.15, 0.2) is 0 Å². The molecule has 0 aromatic heterocycles. The van der Waals surface area contributed by atoms with E-state index in [2.05, 4.69) is 22.6 Å². The van der Waals surface area contributed by atoms with Crippen molar-refractivity contribution in [2.75, 3.05) is 39.8 Å². The van der Waals surface area contributed by atoms with E-state index >= 15 is 0 Å². The van der Waals surface area contributed by atoms with Gasteiger partial charge in [-0.05, 0) is 33.4 Å². The molecule has 2 aliphatic rings. The van der Waals surface area contributed by atoms with Gasteiger partial charge in [-0.3, -0.25) is 4.79 Å². The molecule has 1 atom stereocenters. The second kappa shape index (κ2) is 5.33. The summed E-state index contributed by atoms with van der Waals surface area (Å²) in [6.45, 7) is 5.97. The number of nitrogens with zero attached hydrogens (tertiary/aromatic N) is 1. The normalized spacial score (nSPS) is 28.5. The van der Waals surface area contributed by atoms with Crippen LogP contribution in [-0.4, -0.2) is 62.3 Å². The van der Waals surface area contributed by atoms with Gasteiger partial charge in [0.05, 0.1) is 5.60 Å². The number of rotatable bonds is 4. The average molecular weight is 241 g/mol. The Morgan fingerprint density at radius 3 is 2.94 bits per heavy atom. The highest BCUT2D eigenvalue weighted by molar-refractivity contribution is 5.77. The fourth-order valence-corrected chi connectivity index (χ4v) is 2.37. The number of nitrogens with one attached hydrogen (secondary N) is 2. The lowest BCUT2D eigenvalue weighted by Gasteiger charge is -2.39. The smallest absolute Gasteiger partial charge is 0.246 e. The van der Waals surface area contributed by atoms with Gasteiger partial charge >= 0.3 is 0 Å². The Balaban J connectivity index is 1.66. The Labute approximate surface area is 103 Å². The first kappa shape index (κ1) is 12.8. The van der Waals surface area contributed by atoms with E-state index in [1.807, 2.05) is 6.92 Å². The third-order valence-corrected chi connectivity index (χ3v) is 3.54. The topological polar surface area (TPSA) is 53.6 Å². The predicted molar refractivity (Wildman–Crippen MR) is 65.9 cm³/mol. The molecule has 0 radical (unpaired) electrons. The van der Waals surface area contributed by atoms with Crippen molar-refractivity contribution in [1.29, 1.82) is 0 Å². The quantitative estimate of drug-likeness (QED) is 0.701. The molecular weight excluding hydrogens is 218 g/mol. The largest absolute Gasteiger partial charge is 0.363 e. The summed E-state index contributed by atoms with van der Waals surface area (Å²) in [5.74, 6) is 0.0124. The number of hydrogen-bond donors (Lipinski definition) is 2. The average Bonchev–Trinajstić information content (AvgIpc) is 2.24. The number of carbonyl (C=O) groups is 1. The second-order valence-corrected chi connectivity index (χ2v) is 5.51. The number of piperidine rings is 1. The van der Waals surface area contributed by atoms with Crippen LogP contribution in [0.4, 0.5) is 0 Å². The molecule has 2 N–H and O–H groups in total. The van der Waals surface area contributed by atoms with Crippen LogP contribution in [0, 0.1) is 0 Å². The van der Waals surface area contributed by atoms with Crippen LogP contribution in [-0.2, 0) is 9.53 Å². The van der Waals surface area contributed by atoms with Gasteiger partial charge < -0.3 is 20.3 Å². The van der Waals surface area contributed by atoms with Gasteiger partial charge in [-0.15, -0.1) is 0 Å². The van der Waals surface area contributed by atoms with Crippen molar-refractivity contribution in [1.82, 2.24) is 15.5 Å². The first-order chi connectivity index (χ1) is 8.07. The van der Waals surface area contributed by atoms with Gasteiger partial charge in [-0.2, -0.15) is 0 Å². The number of likely N-dealkylation sites (tertiary alicyclic amines) is 1. The van der Waals surface area contributed by atoms with Crippen molar-refractivity contribution in [3.05, 3.63) is 0 Å². The van der Waals surface area contributed by atoms with Crippen molar-refractivity contribution < 1.29 is 9.53 Å². The van der Waals surface area contributed by atoms with E-state index in [0.717, 1.165) is 39.0 Å². The minimum absolute atomic E-state index is 0.0124. The van der Waals surface area contributed by atoms with E-state index in [9.17, 15) is 4.79 Å². The van der Waals surface area contributed by atoms with Crippen molar-refractivity contribution in [3.63, 3.8) is 0 Å². The van der Waals surface area contributed by atoms with E-state index in [1.54, 1.807) is 0 Å². The Hall–Kier alpha value is -0.650. The Bertz CT molecular complexity index is 279. The van der Waals surface area contributed by atoms with Crippen LogP contribution in [0.5, 0.6) is 0 Å². The molecular formula is C12H23N3O2. The molecule has 1 amide bonds. The monoisotopic (exact) mass is 241 g/mol. The zero-order chi connectivity index (χ0) is 12.3. The van der Waals surface area contributed by atoms with Crippen molar-refractivity contribution in [3.8, 4) is 0 Å². The number of ether oxygens (including phenoxy) is 1. The molecule has 2 aliphatic heterocycles. The summed E-state index contributed by atoms with van der Waals surface area (Å²) in [7, 11) is 2.09. The molecule has 98 valence electrons. The summed E-state index contributed by atoms with van der Waals surface area (Å²) < 4.78 is 5.61. The maximum Gasteiger partial charge on any atom is 0.246 e. The van der Waals surface area contributed by atoms with E-state index in [-0.39, 0.29) is 24.2 Å². The maximum absolute atomic E-state index is 11.7. The fourth-order valence-electron chi connectivity index (χ4n) is 2.37. The minimum Gasteiger partial charge on any atom is -0.363 e. The molecule has 0 aromatic rings. The summed E-state index contributed by atoms with van der Waals surface area (Å²) in [6.07, 6.45) is 2.23. The molecule has 0 spiro atoms. The number of likely N-dealkylation sites (N-methyl/N-ethyl adjacent to an activating group) is 1. The van der Waals surface area contributed by atoms with E-state index in [1.165, 1.54) is 0 Å². The lowest BCUT2D eigenvalue weighted by atomic mass is 10.0. The molecule has 2 saturated heterocycles. The third kappa shape index (κ3) is 3.66. The molecule has 0 saturated carbocycles. The van der Waals surface area contributed by atoms with Crippen LogP contribution >= 0.6 is 0 Å². The maximum atomic E-state index is 11.7. The molecule has 2 rings (SSSR count). The summed E-state index contributed by atoms with van der Waals surface area (Å²) in [5.41, 5.74) is -0.138. The number of carbonyl (C=O) groups excluding carboxylic acids is 1. The van der Waals surface area contributed by atoms with Crippen LogP contribution < -0.4 is 10.6 Å². The molecule has 0 aliphatic carbocycles. The van der Waals surface area contributed by atoms with Gasteiger partial charge in [-0.1, -0.05) is 0 Å². The Kier molecular flexibility index (Phi) is 4.01. The fraction of sp³-hybridized carbons (Fsp3) is 0.917. The van der Waals surface area contributed by atoms with Crippen LogP contribution in [0.2, 0.25) is 0 Å². The number of hydrogen-bond acceptors (Lipinski definition) is 4. The predicted octanol–water partition coefficient (Wildman–Crippen LogP) is -0.425. The summed E-state index contributed by atoms with van der Waals surface area (Å²) in [5, 5.41) is 6.19. The number of amides is 1. The molecule has 2 fully saturated rings. The summed E-state index contributed by atoms with van der Waals surface area (Å²) >= 11 is 0. The molecule has 0 bridgehead atoms. The van der Waals surface area contributed by atoms with E-state index in [0.29, 0.717) is 0 Å². The molecule has 1 unspecified atom stereocenters. The van der Waals surface area contributed by atoms with E-state index in [4.69, 9.17) is 4.74 Å². The zero-order valence-corrected chi connectivity index (χ0v) is 10.8. The van der Waals surface area contributed by atoms with Crippen molar-refractivity contribution in [2.45, 2.75) is 31.4 Å². The van der Waals surface area contributed by atoms with Gasteiger partial charge in [0.1, 0.15) is 6.61 Å². The van der Waals surface area contributed by atoms with Gasteiger partial charge in [-0.25, -0.2) is 0 Å². The van der Waals surface area contributed by atoms with Crippen molar-refractivity contribution in [2.24, 2.45) is 0 Å². The molecule has 2 heterocycles. The molecule has 5 nitrogen and oxygen atoms in total. The Morgan fingerprint density at radius 2 is 2.35 bits per heavy atom. The molecule has 0 aromatic carbocycles. The van der Waals surface area contributed by atoms with Crippen LogP contribution in [0.15, 0.2) is 0 Å². The highest BCUT2D eigenvalue weighted by atomic mass is 16.5. The van der Waals surface area contributed by atoms with Gasteiger partial charge in [0.2, 0.25) is 5.91 Å². The van der Waals surface area contributed by atoms with Crippen molar-refractivity contribution >= 4 is 5.91 Å². The van der Waals surface area contributed by atoms with Gasteiger partial charge in [0, 0.05) is 25.7 Å². The van der Waals surface area contributed by atoms with Crippen LogP contribution in [0.1, 0.15) is 19.8 Å². The standard InChI is InChI=1S/C12H23N3O2/c1-12(8-13-9-12)17-7-11(16)14-10-4-3-5-15(2)6-10/h10,13H,3-9H2,1-2H3,(H,14,16). The molecule has 5 heteroatoms. The molecule has 17 heavy (non-hydrogen) atoms. The summed E-state index contributed by atoms with van der Waals surface area (Å²) in [4.78, 5) is 14.0. The third-order valence-electron chi connectivity index (χ3n) is 3.54. The Morgan fingerprint density at radius 1 is 1.59 bits per heavy atom. The highest BCUT2D eigenvalue weighted by Gasteiger charge is 2.33. The minimum atomic E-state index is -0.138. The summed E-state index contributed by atoms with van der Waals surface area (Å²) in [6, 6.07) is 0.289. The van der Waals surface area contributed by atoms with Gasteiger partial charge in [0.25, 0.3) is 0 Å². The zero-order valence-electron chi connectivity index (χ0n) is 10.8. The highest BCUT2D eigenvalue weighted by Crippen LogP contribution is 2.14. The van der Waals surface area contributed by atoms with E-state index < -0.39 is 0 Å². The lowest BCUT2D eigenvalue weighted by molar-refractivity contribution is -0.136. The second-order valence-electron chi connectivity index (χ2n) is 5.51.